The molecule has 0 saturated heterocycles. The van der Waals surface area contributed by atoms with Gasteiger partial charge in [-0.05, 0) is 24.1 Å². The number of ether oxygens (including phenoxy) is 1. The zero-order valence-corrected chi connectivity index (χ0v) is 10.1. The SMILES string of the molecule is COc1ccc(CC/C=C2\C=CC=C[CH-]2)cc1. The maximum Gasteiger partial charge on any atom is 0.118 e. The van der Waals surface area contributed by atoms with Crippen LogP contribution in [-0.4, -0.2) is 7.11 Å². The van der Waals surface area contributed by atoms with E-state index in [4.69, 9.17) is 4.74 Å². The monoisotopic (exact) mass is 225 g/mol. The van der Waals surface area contributed by atoms with Gasteiger partial charge in [-0.1, -0.05) is 18.6 Å². The fourth-order valence-corrected chi connectivity index (χ4v) is 1.79. The summed E-state index contributed by atoms with van der Waals surface area (Å²) < 4.78 is 5.14. The number of aryl methyl sites for hydroxylation is 1. The second-order valence-corrected chi connectivity index (χ2v) is 4.00. The molecule has 1 aliphatic carbocycles. The molecule has 0 saturated carbocycles. The predicted octanol–water partition coefficient (Wildman–Crippen LogP) is 3.88. The third-order valence-electron chi connectivity index (χ3n) is 2.77. The first-order valence-corrected chi connectivity index (χ1v) is 5.89. The van der Waals surface area contributed by atoms with Crippen LogP contribution in [0.1, 0.15) is 12.0 Å². The summed E-state index contributed by atoms with van der Waals surface area (Å²) in [5, 5.41) is 0. The topological polar surface area (TPSA) is 9.23 Å². The molecule has 0 aromatic heterocycles. The van der Waals surface area contributed by atoms with Crippen LogP contribution < -0.4 is 4.74 Å². The second-order valence-electron chi connectivity index (χ2n) is 4.00. The van der Waals surface area contributed by atoms with Crippen LogP contribution in [0.4, 0.5) is 0 Å². The zero-order chi connectivity index (χ0) is 11.9. The minimum atomic E-state index is 0.917. The molecule has 0 aliphatic heterocycles. The molecule has 0 spiro atoms. The Labute approximate surface area is 103 Å². The van der Waals surface area contributed by atoms with Gasteiger partial charge in [0.1, 0.15) is 5.75 Å². The van der Waals surface area contributed by atoms with E-state index in [0.29, 0.717) is 0 Å². The highest BCUT2D eigenvalue weighted by Crippen LogP contribution is 2.14. The van der Waals surface area contributed by atoms with Crippen molar-refractivity contribution in [2.75, 3.05) is 7.11 Å². The van der Waals surface area contributed by atoms with Crippen molar-refractivity contribution >= 4 is 0 Å². The second kappa shape index (κ2) is 6.00. The predicted molar refractivity (Wildman–Crippen MR) is 72.0 cm³/mol. The minimum absolute atomic E-state index is 0.917. The molecular formula is C16H17O-. The maximum absolute atomic E-state index is 5.14. The van der Waals surface area contributed by atoms with Gasteiger partial charge in [0.05, 0.1) is 7.11 Å². The summed E-state index contributed by atoms with van der Waals surface area (Å²) in [6, 6.07) is 8.27. The van der Waals surface area contributed by atoms with Gasteiger partial charge in [-0.3, -0.25) is 0 Å². The molecule has 1 aliphatic rings. The molecule has 0 unspecified atom stereocenters. The first-order chi connectivity index (χ1) is 8.38. The lowest BCUT2D eigenvalue weighted by Gasteiger charge is -2.10. The lowest BCUT2D eigenvalue weighted by atomic mass is 10.0. The van der Waals surface area contributed by atoms with Crippen LogP contribution >= 0.6 is 0 Å². The van der Waals surface area contributed by atoms with Crippen molar-refractivity contribution in [1.82, 2.24) is 0 Å². The molecule has 0 fully saturated rings. The van der Waals surface area contributed by atoms with E-state index in [9.17, 15) is 0 Å². The van der Waals surface area contributed by atoms with Crippen molar-refractivity contribution in [3.8, 4) is 5.75 Å². The summed E-state index contributed by atoms with van der Waals surface area (Å²) in [4.78, 5) is 0. The van der Waals surface area contributed by atoms with Crippen molar-refractivity contribution < 1.29 is 4.74 Å². The van der Waals surface area contributed by atoms with Gasteiger partial charge >= 0.3 is 0 Å². The lowest BCUT2D eigenvalue weighted by Crippen LogP contribution is -1.87. The molecule has 0 heterocycles. The molecule has 0 radical (unpaired) electrons. The molecule has 1 nitrogen and oxygen atoms in total. The van der Waals surface area contributed by atoms with Gasteiger partial charge in [0.25, 0.3) is 0 Å². The van der Waals surface area contributed by atoms with Crippen LogP contribution in [0.25, 0.3) is 0 Å². The van der Waals surface area contributed by atoms with Gasteiger partial charge < -0.3 is 4.74 Å². The first kappa shape index (κ1) is 11.6. The summed E-state index contributed by atoms with van der Waals surface area (Å²) in [7, 11) is 1.69. The highest BCUT2D eigenvalue weighted by atomic mass is 16.5. The van der Waals surface area contributed by atoms with Crippen molar-refractivity contribution in [3.63, 3.8) is 0 Å². The van der Waals surface area contributed by atoms with E-state index in [2.05, 4.69) is 42.9 Å². The van der Waals surface area contributed by atoms with Gasteiger partial charge in [0.2, 0.25) is 0 Å². The van der Waals surface area contributed by atoms with E-state index >= 15 is 0 Å². The third-order valence-corrected chi connectivity index (χ3v) is 2.77. The molecule has 1 aromatic carbocycles. The quantitative estimate of drug-likeness (QED) is 0.706. The van der Waals surface area contributed by atoms with Gasteiger partial charge in [-0.25, -0.2) is 0 Å². The minimum Gasteiger partial charge on any atom is -0.497 e. The van der Waals surface area contributed by atoms with Crippen molar-refractivity contribution in [1.29, 1.82) is 0 Å². The molecular weight excluding hydrogens is 208 g/mol. The molecule has 1 aromatic rings. The van der Waals surface area contributed by atoms with Crippen LogP contribution in [0.5, 0.6) is 5.75 Å². The third kappa shape index (κ3) is 3.56. The highest BCUT2D eigenvalue weighted by Gasteiger charge is 1.93. The number of rotatable bonds is 4. The average molecular weight is 225 g/mol. The van der Waals surface area contributed by atoms with Crippen LogP contribution in [0.15, 0.2) is 60.2 Å². The Morgan fingerprint density at radius 1 is 1.18 bits per heavy atom. The van der Waals surface area contributed by atoms with Gasteiger partial charge in [0, 0.05) is 0 Å². The largest absolute Gasteiger partial charge is 0.497 e. The Bertz CT molecular complexity index is 435. The summed E-state index contributed by atoms with van der Waals surface area (Å²) in [6.07, 6.45) is 14.8. The molecule has 2 rings (SSSR count). The number of benzene rings is 1. The zero-order valence-electron chi connectivity index (χ0n) is 10.1. The van der Waals surface area contributed by atoms with E-state index in [1.165, 1.54) is 11.1 Å². The average Bonchev–Trinajstić information content (AvgIpc) is 2.41. The van der Waals surface area contributed by atoms with Crippen LogP contribution in [0.3, 0.4) is 0 Å². The smallest absolute Gasteiger partial charge is 0.118 e. The highest BCUT2D eigenvalue weighted by molar-refractivity contribution is 5.38. The van der Waals surface area contributed by atoms with E-state index < -0.39 is 0 Å². The fraction of sp³-hybridized carbons (Fsp3) is 0.188. The van der Waals surface area contributed by atoms with E-state index in [1.807, 2.05) is 18.2 Å². The number of allylic oxidation sites excluding steroid dienone is 6. The van der Waals surface area contributed by atoms with E-state index in [0.717, 1.165) is 18.6 Å². The summed E-state index contributed by atoms with van der Waals surface area (Å²) in [5.41, 5.74) is 2.64. The van der Waals surface area contributed by atoms with Crippen LogP contribution in [0.2, 0.25) is 0 Å². The van der Waals surface area contributed by atoms with Gasteiger partial charge in [-0.15, -0.1) is 30.7 Å². The molecule has 0 amide bonds. The molecule has 0 N–H and O–H groups in total. The Balaban J connectivity index is 1.85. The van der Waals surface area contributed by atoms with Crippen molar-refractivity contribution in [3.05, 3.63) is 72.2 Å². The molecule has 88 valence electrons. The summed E-state index contributed by atoms with van der Waals surface area (Å²) >= 11 is 0. The normalized spacial score (nSPS) is 15.9. The first-order valence-electron chi connectivity index (χ1n) is 5.89. The molecule has 17 heavy (non-hydrogen) atoms. The van der Waals surface area contributed by atoms with Crippen LogP contribution in [0, 0.1) is 6.42 Å². The van der Waals surface area contributed by atoms with E-state index in [-0.39, 0.29) is 0 Å². The fourth-order valence-electron chi connectivity index (χ4n) is 1.79. The van der Waals surface area contributed by atoms with Gasteiger partial charge in [0.15, 0.2) is 0 Å². The molecule has 0 bridgehead atoms. The Morgan fingerprint density at radius 2 is 2.00 bits per heavy atom. The van der Waals surface area contributed by atoms with Gasteiger partial charge in [-0.2, -0.15) is 11.6 Å². The summed E-state index contributed by atoms with van der Waals surface area (Å²) in [5.74, 6) is 0.917. The summed E-state index contributed by atoms with van der Waals surface area (Å²) in [6.45, 7) is 0. The molecule has 1 heteroatoms. The standard InChI is InChI=1S/C16H17O/c1-17-16-12-10-15(11-13-16)9-5-8-14-6-3-2-4-7-14/h2-4,6-8,10-13H,5,9H2,1H3/q-1. The maximum atomic E-state index is 5.14. The van der Waals surface area contributed by atoms with Crippen molar-refractivity contribution in [2.24, 2.45) is 0 Å². The lowest BCUT2D eigenvalue weighted by molar-refractivity contribution is 0.414. The molecule has 0 atom stereocenters. The van der Waals surface area contributed by atoms with Crippen molar-refractivity contribution in [2.45, 2.75) is 12.8 Å². The van der Waals surface area contributed by atoms with Crippen LogP contribution in [-0.2, 0) is 6.42 Å². The van der Waals surface area contributed by atoms with E-state index in [1.54, 1.807) is 7.11 Å². The Hall–Kier alpha value is -1.89. The number of hydrogen-bond acceptors (Lipinski definition) is 1. The number of hydrogen-bond donors (Lipinski definition) is 0. The number of methoxy groups -OCH3 is 1. The Kier molecular flexibility index (Phi) is 4.09. The Morgan fingerprint density at radius 3 is 2.65 bits per heavy atom.